The lowest BCUT2D eigenvalue weighted by molar-refractivity contribution is -0.123. The maximum atomic E-state index is 13.1. The van der Waals surface area contributed by atoms with Crippen LogP contribution in [-0.2, 0) is 16.0 Å². The smallest absolute Gasteiger partial charge is 0.237 e. The van der Waals surface area contributed by atoms with E-state index < -0.39 is 6.04 Å². The molecule has 0 spiro atoms. The molecule has 4 rings (SSSR count). The number of hydrogen-bond acceptors (Lipinski definition) is 5. The predicted molar refractivity (Wildman–Crippen MR) is 136 cm³/mol. The van der Waals surface area contributed by atoms with Gasteiger partial charge in [0.1, 0.15) is 17.2 Å². The molecule has 0 unspecified atom stereocenters. The van der Waals surface area contributed by atoms with Crippen molar-refractivity contribution in [2.75, 3.05) is 11.4 Å². The van der Waals surface area contributed by atoms with Gasteiger partial charge < -0.3 is 25.8 Å². The number of phenols is 1. The van der Waals surface area contributed by atoms with E-state index in [1.165, 1.54) is 6.92 Å². The van der Waals surface area contributed by atoms with E-state index in [-0.39, 0.29) is 23.6 Å². The number of carbonyl (C=O) groups excluding carboxylic acids is 2. The molecule has 0 fully saturated rings. The SMILES string of the molecule is CC(=O)N1CC[C@H](NC(=O)[C@@H](N)Cc2c(C)cc(O)cc2C)c2cc(Oc3ccccc3)ccc21. The first-order chi connectivity index (χ1) is 16.7. The van der Waals surface area contributed by atoms with Gasteiger partial charge in [-0.05, 0) is 85.8 Å². The highest BCUT2D eigenvalue weighted by molar-refractivity contribution is 5.93. The normalized spacial score (nSPS) is 15.8. The maximum Gasteiger partial charge on any atom is 0.237 e. The molecule has 1 heterocycles. The van der Waals surface area contributed by atoms with Crippen LogP contribution in [0.25, 0.3) is 0 Å². The monoisotopic (exact) mass is 473 g/mol. The molecule has 3 aromatic rings. The minimum atomic E-state index is -0.755. The number of amides is 2. The fourth-order valence-electron chi connectivity index (χ4n) is 4.64. The van der Waals surface area contributed by atoms with Crippen LogP contribution < -0.4 is 20.7 Å². The van der Waals surface area contributed by atoms with E-state index in [1.54, 1.807) is 17.0 Å². The summed E-state index contributed by atoms with van der Waals surface area (Å²) in [6.45, 7) is 5.83. The zero-order valence-corrected chi connectivity index (χ0v) is 20.2. The molecule has 1 aliphatic heterocycles. The summed E-state index contributed by atoms with van der Waals surface area (Å²) in [6.07, 6.45) is 0.928. The Balaban J connectivity index is 1.56. The highest BCUT2D eigenvalue weighted by atomic mass is 16.5. The number of nitrogens with zero attached hydrogens (tertiary/aromatic N) is 1. The first kappa shape index (κ1) is 24.3. The first-order valence-electron chi connectivity index (χ1n) is 11.7. The zero-order chi connectivity index (χ0) is 25.1. The Kier molecular flexibility index (Phi) is 7.07. The van der Waals surface area contributed by atoms with Crippen LogP contribution in [0, 0.1) is 13.8 Å². The van der Waals surface area contributed by atoms with Crippen molar-refractivity contribution in [2.24, 2.45) is 5.73 Å². The van der Waals surface area contributed by atoms with E-state index >= 15 is 0 Å². The number of phenolic OH excluding ortho intramolecular Hbond substituents is 1. The van der Waals surface area contributed by atoms with Gasteiger partial charge in [0.15, 0.2) is 0 Å². The summed E-state index contributed by atoms with van der Waals surface area (Å²) in [6, 6.07) is 17.3. The lowest BCUT2D eigenvalue weighted by Crippen LogP contribution is -2.46. The Bertz CT molecular complexity index is 1220. The molecule has 1 aliphatic rings. The van der Waals surface area contributed by atoms with Crippen LogP contribution >= 0.6 is 0 Å². The van der Waals surface area contributed by atoms with Crippen molar-refractivity contribution in [1.82, 2.24) is 5.32 Å². The third kappa shape index (κ3) is 5.46. The molecule has 0 saturated heterocycles. The molecule has 0 radical (unpaired) electrons. The number of nitrogens with one attached hydrogen (secondary N) is 1. The Labute approximate surface area is 205 Å². The number of aryl methyl sites for hydroxylation is 2. The average Bonchev–Trinajstić information content (AvgIpc) is 2.82. The van der Waals surface area contributed by atoms with Crippen molar-refractivity contribution >= 4 is 17.5 Å². The van der Waals surface area contributed by atoms with Gasteiger partial charge >= 0.3 is 0 Å². The number of aromatic hydroxyl groups is 1. The standard InChI is InChI=1S/C28H31N3O4/c1-17-13-20(33)14-18(2)23(17)16-25(29)28(34)30-26-11-12-31(19(3)32)27-10-9-22(15-24(26)27)35-21-7-5-4-6-8-21/h4-10,13-15,25-26,33H,11-12,16,29H2,1-3H3,(H,30,34)/t25-,26-/m0/s1. The number of ether oxygens (including phenoxy) is 1. The average molecular weight is 474 g/mol. The fraction of sp³-hybridized carbons (Fsp3) is 0.286. The Hall–Kier alpha value is -3.84. The van der Waals surface area contributed by atoms with Crippen LogP contribution in [0.15, 0.2) is 60.7 Å². The van der Waals surface area contributed by atoms with Crippen molar-refractivity contribution < 1.29 is 19.4 Å². The summed E-state index contributed by atoms with van der Waals surface area (Å²) in [5, 5.41) is 12.9. The van der Waals surface area contributed by atoms with Crippen molar-refractivity contribution in [3.63, 3.8) is 0 Å². The summed E-state index contributed by atoms with van der Waals surface area (Å²) in [5.41, 5.74) is 10.6. The number of para-hydroxylation sites is 1. The molecule has 3 aromatic carbocycles. The van der Waals surface area contributed by atoms with Crippen LogP contribution in [0.5, 0.6) is 17.2 Å². The van der Waals surface area contributed by atoms with Gasteiger partial charge in [0, 0.05) is 24.7 Å². The molecule has 2 amide bonds. The minimum absolute atomic E-state index is 0.0530. The lowest BCUT2D eigenvalue weighted by atomic mass is 9.94. The summed E-state index contributed by atoms with van der Waals surface area (Å²) < 4.78 is 5.99. The summed E-state index contributed by atoms with van der Waals surface area (Å²) >= 11 is 0. The van der Waals surface area contributed by atoms with E-state index in [1.807, 2.05) is 62.4 Å². The highest BCUT2D eigenvalue weighted by Crippen LogP contribution is 2.37. The number of benzene rings is 3. The maximum absolute atomic E-state index is 13.1. The van der Waals surface area contributed by atoms with Gasteiger partial charge in [-0.3, -0.25) is 9.59 Å². The third-order valence-corrected chi connectivity index (χ3v) is 6.42. The van der Waals surface area contributed by atoms with Crippen LogP contribution in [0.2, 0.25) is 0 Å². The zero-order valence-electron chi connectivity index (χ0n) is 20.2. The number of fused-ring (bicyclic) bond motifs is 1. The minimum Gasteiger partial charge on any atom is -0.508 e. The summed E-state index contributed by atoms with van der Waals surface area (Å²) in [5.74, 6) is 1.21. The fourth-order valence-corrected chi connectivity index (χ4v) is 4.64. The van der Waals surface area contributed by atoms with Gasteiger partial charge in [-0.2, -0.15) is 0 Å². The Morgan fingerprint density at radius 3 is 2.43 bits per heavy atom. The van der Waals surface area contributed by atoms with Crippen LogP contribution in [0.1, 0.15) is 41.6 Å². The molecule has 0 aromatic heterocycles. The van der Waals surface area contributed by atoms with Crippen molar-refractivity contribution in [2.45, 2.75) is 45.7 Å². The lowest BCUT2D eigenvalue weighted by Gasteiger charge is -2.35. The van der Waals surface area contributed by atoms with Gasteiger partial charge in [0.2, 0.25) is 11.8 Å². The van der Waals surface area contributed by atoms with Crippen molar-refractivity contribution in [1.29, 1.82) is 0 Å². The van der Waals surface area contributed by atoms with Gasteiger partial charge in [0.25, 0.3) is 0 Å². The molecular formula is C28H31N3O4. The molecule has 2 atom stereocenters. The van der Waals surface area contributed by atoms with Crippen molar-refractivity contribution in [3.05, 3.63) is 82.9 Å². The van der Waals surface area contributed by atoms with Gasteiger partial charge in [-0.15, -0.1) is 0 Å². The topological polar surface area (TPSA) is 105 Å². The second-order valence-electron chi connectivity index (χ2n) is 9.02. The summed E-state index contributed by atoms with van der Waals surface area (Å²) in [4.78, 5) is 27.1. The van der Waals surface area contributed by atoms with Crippen LogP contribution in [-0.4, -0.2) is 29.5 Å². The second-order valence-corrected chi connectivity index (χ2v) is 9.02. The van der Waals surface area contributed by atoms with E-state index in [9.17, 15) is 14.7 Å². The quantitative estimate of drug-likeness (QED) is 0.496. The molecule has 7 nitrogen and oxygen atoms in total. The number of anilines is 1. The number of hydrogen-bond donors (Lipinski definition) is 3. The molecular weight excluding hydrogens is 442 g/mol. The largest absolute Gasteiger partial charge is 0.508 e. The summed E-state index contributed by atoms with van der Waals surface area (Å²) in [7, 11) is 0. The molecule has 182 valence electrons. The van der Waals surface area contributed by atoms with Gasteiger partial charge in [-0.25, -0.2) is 0 Å². The van der Waals surface area contributed by atoms with E-state index in [0.29, 0.717) is 30.9 Å². The van der Waals surface area contributed by atoms with Gasteiger partial charge in [-0.1, -0.05) is 18.2 Å². The van der Waals surface area contributed by atoms with E-state index in [2.05, 4.69) is 5.32 Å². The molecule has 7 heteroatoms. The van der Waals surface area contributed by atoms with Crippen molar-refractivity contribution in [3.8, 4) is 17.2 Å². The predicted octanol–water partition coefficient (Wildman–Crippen LogP) is 4.29. The molecule has 0 bridgehead atoms. The Morgan fingerprint density at radius 2 is 1.77 bits per heavy atom. The number of rotatable bonds is 6. The number of carbonyl (C=O) groups is 2. The van der Waals surface area contributed by atoms with Crippen LogP contribution in [0.3, 0.4) is 0 Å². The molecule has 0 aliphatic carbocycles. The third-order valence-electron chi connectivity index (χ3n) is 6.42. The molecule has 0 saturated carbocycles. The molecule has 4 N–H and O–H groups in total. The van der Waals surface area contributed by atoms with Gasteiger partial charge in [0.05, 0.1) is 12.1 Å². The van der Waals surface area contributed by atoms with E-state index in [4.69, 9.17) is 10.5 Å². The van der Waals surface area contributed by atoms with E-state index in [0.717, 1.165) is 27.9 Å². The Morgan fingerprint density at radius 1 is 1.09 bits per heavy atom. The second kappa shape index (κ2) is 10.2. The van der Waals surface area contributed by atoms with Crippen LogP contribution in [0.4, 0.5) is 5.69 Å². The highest BCUT2D eigenvalue weighted by Gasteiger charge is 2.30. The first-order valence-corrected chi connectivity index (χ1v) is 11.7. The molecule has 35 heavy (non-hydrogen) atoms. The number of nitrogens with two attached hydrogens (primary N) is 1.